The Morgan fingerprint density at radius 2 is 1.62 bits per heavy atom. The summed E-state index contributed by atoms with van der Waals surface area (Å²) in [6.45, 7) is 3.57. The molecule has 5 heteroatoms. The highest BCUT2D eigenvalue weighted by atomic mass is 19.4. The standard InChI is InChI=1S/C16H14F4O/c1-9-3-5-12(10(2)7-9)15(21)13-8-11(16(18,19)20)4-6-14(13)17/h3-8,15,21H,1-2H3. The molecule has 1 N–H and O–H groups in total. The van der Waals surface area contributed by atoms with Gasteiger partial charge in [-0.05, 0) is 43.2 Å². The Hall–Kier alpha value is -1.88. The second-order valence-electron chi connectivity index (χ2n) is 5.00. The van der Waals surface area contributed by atoms with Crippen molar-refractivity contribution in [2.45, 2.75) is 26.1 Å². The van der Waals surface area contributed by atoms with E-state index in [1.165, 1.54) is 0 Å². The summed E-state index contributed by atoms with van der Waals surface area (Å²) in [5, 5.41) is 10.2. The number of alkyl halides is 3. The van der Waals surface area contributed by atoms with Gasteiger partial charge in [-0.25, -0.2) is 4.39 Å². The molecule has 0 saturated heterocycles. The summed E-state index contributed by atoms with van der Waals surface area (Å²) in [7, 11) is 0. The fourth-order valence-corrected chi connectivity index (χ4v) is 2.23. The molecule has 1 atom stereocenters. The summed E-state index contributed by atoms with van der Waals surface area (Å²) >= 11 is 0. The third-order valence-corrected chi connectivity index (χ3v) is 3.34. The minimum Gasteiger partial charge on any atom is -0.384 e. The second kappa shape index (κ2) is 5.48. The van der Waals surface area contributed by atoms with Gasteiger partial charge < -0.3 is 5.11 Å². The maximum Gasteiger partial charge on any atom is 0.416 e. The van der Waals surface area contributed by atoms with E-state index in [1.807, 2.05) is 6.92 Å². The van der Waals surface area contributed by atoms with Gasteiger partial charge in [0.15, 0.2) is 0 Å². The Balaban J connectivity index is 2.50. The minimum atomic E-state index is -4.58. The van der Waals surface area contributed by atoms with Crippen LogP contribution in [0.5, 0.6) is 0 Å². The van der Waals surface area contributed by atoms with E-state index in [4.69, 9.17) is 0 Å². The Bertz CT molecular complexity index is 662. The number of rotatable bonds is 2. The van der Waals surface area contributed by atoms with Gasteiger partial charge in [0.25, 0.3) is 0 Å². The lowest BCUT2D eigenvalue weighted by atomic mass is 9.94. The van der Waals surface area contributed by atoms with Gasteiger partial charge in [-0.2, -0.15) is 13.2 Å². The smallest absolute Gasteiger partial charge is 0.384 e. The Kier molecular flexibility index (Phi) is 4.05. The molecule has 2 aromatic rings. The lowest BCUT2D eigenvalue weighted by Gasteiger charge is -2.17. The van der Waals surface area contributed by atoms with Gasteiger partial charge in [0.2, 0.25) is 0 Å². The Morgan fingerprint density at radius 1 is 0.952 bits per heavy atom. The first kappa shape index (κ1) is 15.5. The molecule has 0 amide bonds. The van der Waals surface area contributed by atoms with Gasteiger partial charge in [-0.15, -0.1) is 0 Å². The zero-order valence-corrected chi connectivity index (χ0v) is 11.5. The van der Waals surface area contributed by atoms with Gasteiger partial charge in [0, 0.05) is 5.56 Å². The molecule has 1 nitrogen and oxygen atoms in total. The largest absolute Gasteiger partial charge is 0.416 e. The van der Waals surface area contributed by atoms with Crippen molar-refractivity contribution < 1.29 is 22.7 Å². The summed E-state index contributed by atoms with van der Waals surface area (Å²) in [5.41, 5.74) is 0.672. The highest BCUT2D eigenvalue weighted by Gasteiger charge is 2.32. The average Bonchev–Trinajstić information content (AvgIpc) is 2.37. The molecule has 2 aromatic carbocycles. The van der Waals surface area contributed by atoms with E-state index in [0.29, 0.717) is 23.3 Å². The van der Waals surface area contributed by atoms with Crippen molar-refractivity contribution in [1.82, 2.24) is 0 Å². The van der Waals surface area contributed by atoms with Gasteiger partial charge in [-0.3, -0.25) is 0 Å². The summed E-state index contributed by atoms with van der Waals surface area (Å²) < 4.78 is 51.9. The summed E-state index contributed by atoms with van der Waals surface area (Å²) in [6, 6.07) is 7.13. The Labute approximate surface area is 119 Å². The van der Waals surface area contributed by atoms with Crippen molar-refractivity contribution in [3.05, 3.63) is 70.0 Å². The third-order valence-electron chi connectivity index (χ3n) is 3.34. The first-order chi connectivity index (χ1) is 9.70. The predicted octanol–water partition coefficient (Wildman–Crippen LogP) is 4.54. The van der Waals surface area contributed by atoms with Crippen LogP contribution in [-0.2, 0) is 6.18 Å². The first-order valence-corrected chi connectivity index (χ1v) is 6.32. The molecular weight excluding hydrogens is 284 g/mol. The lowest BCUT2D eigenvalue weighted by molar-refractivity contribution is -0.137. The molecule has 21 heavy (non-hydrogen) atoms. The van der Waals surface area contributed by atoms with Crippen LogP contribution < -0.4 is 0 Å². The number of aryl methyl sites for hydroxylation is 2. The van der Waals surface area contributed by atoms with E-state index in [9.17, 15) is 22.7 Å². The van der Waals surface area contributed by atoms with Crippen LogP contribution in [-0.4, -0.2) is 5.11 Å². The van der Waals surface area contributed by atoms with Crippen LogP contribution in [0.1, 0.15) is 33.9 Å². The molecular formula is C16H14F4O. The SMILES string of the molecule is Cc1ccc(C(O)c2cc(C(F)(F)F)ccc2F)c(C)c1. The van der Waals surface area contributed by atoms with Crippen molar-refractivity contribution in [3.63, 3.8) is 0 Å². The number of halogens is 4. The molecule has 0 heterocycles. The normalized spacial score (nSPS) is 13.3. The van der Waals surface area contributed by atoms with Crippen molar-refractivity contribution in [1.29, 1.82) is 0 Å². The van der Waals surface area contributed by atoms with E-state index in [1.54, 1.807) is 25.1 Å². The minimum absolute atomic E-state index is 0.378. The fraction of sp³-hybridized carbons (Fsp3) is 0.250. The van der Waals surface area contributed by atoms with Crippen LogP contribution in [0.2, 0.25) is 0 Å². The van der Waals surface area contributed by atoms with Crippen LogP contribution in [0.15, 0.2) is 36.4 Å². The van der Waals surface area contributed by atoms with E-state index in [-0.39, 0.29) is 5.56 Å². The van der Waals surface area contributed by atoms with E-state index < -0.39 is 23.7 Å². The predicted molar refractivity (Wildman–Crippen MR) is 71.4 cm³/mol. The Morgan fingerprint density at radius 3 is 2.19 bits per heavy atom. The van der Waals surface area contributed by atoms with Crippen LogP contribution in [0, 0.1) is 19.7 Å². The molecule has 1 unspecified atom stereocenters. The van der Waals surface area contributed by atoms with Crippen LogP contribution >= 0.6 is 0 Å². The highest BCUT2D eigenvalue weighted by molar-refractivity contribution is 5.39. The molecule has 0 bridgehead atoms. The number of aliphatic hydroxyl groups excluding tert-OH is 1. The van der Waals surface area contributed by atoms with E-state index in [2.05, 4.69) is 0 Å². The lowest BCUT2D eigenvalue weighted by Crippen LogP contribution is -2.10. The molecule has 0 fully saturated rings. The third kappa shape index (κ3) is 3.24. The maximum atomic E-state index is 13.8. The second-order valence-corrected chi connectivity index (χ2v) is 5.00. The summed E-state index contributed by atoms with van der Waals surface area (Å²) in [5.74, 6) is -0.865. The fourth-order valence-electron chi connectivity index (χ4n) is 2.23. The van der Waals surface area contributed by atoms with Gasteiger partial charge in [0.1, 0.15) is 11.9 Å². The van der Waals surface area contributed by atoms with Crippen molar-refractivity contribution in [3.8, 4) is 0 Å². The van der Waals surface area contributed by atoms with Gasteiger partial charge >= 0.3 is 6.18 Å². The number of hydrogen-bond acceptors (Lipinski definition) is 1. The molecule has 112 valence electrons. The molecule has 0 spiro atoms. The molecule has 0 aromatic heterocycles. The molecule has 2 rings (SSSR count). The number of aliphatic hydroxyl groups is 1. The number of hydrogen-bond donors (Lipinski definition) is 1. The van der Waals surface area contributed by atoms with Crippen LogP contribution in [0.3, 0.4) is 0 Å². The number of benzene rings is 2. The van der Waals surface area contributed by atoms with Crippen molar-refractivity contribution >= 4 is 0 Å². The molecule has 0 aliphatic heterocycles. The molecule has 0 aliphatic rings. The van der Waals surface area contributed by atoms with Crippen LogP contribution in [0.4, 0.5) is 17.6 Å². The first-order valence-electron chi connectivity index (χ1n) is 6.32. The quantitative estimate of drug-likeness (QED) is 0.807. The summed E-state index contributed by atoms with van der Waals surface area (Å²) in [6.07, 6.45) is -6.02. The van der Waals surface area contributed by atoms with Crippen LogP contribution in [0.25, 0.3) is 0 Å². The summed E-state index contributed by atoms with van der Waals surface area (Å²) in [4.78, 5) is 0. The molecule has 0 saturated carbocycles. The topological polar surface area (TPSA) is 20.2 Å². The van der Waals surface area contributed by atoms with Gasteiger partial charge in [-0.1, -0.05) is 23.8 Å². The van der Waals surface area contributed by atoms with Crippen molar-refractivity contribution in [2.24, 2.45) is 0 Å². The molecule has 0 radical (unpaired) electrons. The maximum absolute atomic E-state index is 13.8. The van der Waals surface area contributed by atoms with Gasteiger partial charge in [0.05, 0.1) is 5.56 Å². The zero-order chi connectivity index (χ0) is 15.8. The monoisotopic (exact) mass is 298 g/mol. The highest BCUT2D eigenvalue weighted by Crippen LogP contribution is 2.34. The van der Waals surface area contributed by atoms with E-state index >= 15 is 0 Å². The van der Waals surface area contributed by atoms with Crippen molar-refractivity contribution in [2.75, 3.05) is 0 Å². The average molecular weight is 298 g/mol. The molecule has 0 aliphatic carbocycles. The zero-order valence-electron chi connectivity index (χ0n) is 11.5. The van der Waals surface area contributed by atoms with E-state index in [0.717, 1.165) is 11.6 Å².